The molecule has 0 aromatic heterocycles. The Morgan fingerprint density at radius 2 is 1.95 bits per heavy atom. The third kappa shape index (κ3) is 1.65. The number of anilines is 1. The number of nitrogens with one attached hydrogen (secondary N) is 1. The van der Waals surface area contributed by atoms with Crippen LogP contribution in [0.3, 0.4) is 0 Å². The molecule has 3 atom stereocenters. The number of carbonyl (C=O) groups is 1. The van der Waals surface area contributed by atoms with Gasteiger partial charge in [-0.2, -0.15) is 0 Å². The highest BCUT2D eigenvalue weighted by Gasteiger charge is 2.47. The number of nitrogens with two attached hydrogens (primary N) is 1. The van der Waals surface area contributed by atoms with Crippen LogP contribution >= 0.6 is 0 Å². The number of carbonyl (C=O) groups excluding carboxylic acids is 1. The van der Waals surface area contributed by atoms with Crippen LogP contribution in [0.25, 0.3) is 0 Å². The van der Waals surface area contributed by atoms with Crippen molar-refractivity contribution in [2.24, 2.45) is 23.5 Å². The summed E-state index contributed by atoms with van der Waals surface area (Å²) in [7, 11) is 0. The second kappa shape index (κ2) is 3.85. The lowest BCUT2D eigenvalue weighted by Crippen LogP contribution is -2.27. The van der Waals surface area contributed by atoms with Gasteiger partial charge < -0.3 is 11.1 Å². The van der Waals surface area contributed by atoms with Gasteiger partial charge in [0, 0.05) is 11.7 Å². The van der Waals surface area contributed by atoms with Crippen molar-refractivity contribution in [1.82, 2.24) is 0 Å². The predicted molar refractivity (Wildman–Crippen MR) is 79.3 cm³/mol. The minimum absolute atomic E-state index is 0.0836. The molecule has 0 saturated heterocycles. The minimum atomic E-state index is -0.442. The zero-order valence-corrected chi connectivity index (χ0v) is 12.1. The van der Waals surface area contributed by atoms with Gasteiger partial charge in [0.15, 0.2) is 0 Å². The van der Waals surface area contributed by atoms with E-state index in [0.29, 0.717) is 5.92 Å². The highest BCUT2D eigenvalue weighted by molar-refractivity contribution is 6.05. The first-order valence-electron chi connectivity index (χ1n) is 7.68. The van der Waals surface area contributed by atoms with Gasteiger partial charge in [0.1, 0.15) is 0 Å². The number of rotatable bonds is 2. The largest absolute Gasteiger partial charge is 0.325 e. The summed E-state index contributed by atoms with van der Waals surface area (Å²) in [6.07, 6.45) is 4.02. The van der Waals surface area contributed by atoms with Crippen LogP contribution in [-0.2, 0) is 10.2 Å². The molecule has 0 radical (unpaired) electrons. The Hall–Kier alpha value is -1.35. The molecule has 1 amide bonds. The summed E-state index contributed by atoms with van der Waals surface area (Å²) in [6, 6.07) is 6.39. The molecule has 1 aromatic rings. The maximum Gasteiger partial charge on any atom is 0.234 e. The van der Waals surface area contributed by atoms with Crippen LogP contribution in [-0.4, -0.2) is 5.91 Å². The standard InChI is InChI=1S/C17H22N2O/c1-17(2)13-8-9(3-4-14(13)19-16(17)20)15(18)12-6-10-5-11(10)7-12/h3-4,8,10-12,15H,5-7,18H2,1-2H3,(H,19,20). The number of hydrogen-bond acceptors (Lipinski definition) is 2. The molecule has 4 rings (SSSR count). The lowest BCUT2D eigenvalue weighted by atomic mass is 9.83. The van der Waals surface area contributed by atoms with E-state index in [2.05, 4.69) is 17.4 Å². The van der Waals surface area contributed by atoms with E-state index in [0.717, 1.165) is 23.1 Å². The molecule has 1 aromatic carbocycles. The number of hydrogen-bond donors (Lipinski definition) is 2. The normalized spacial score (nSPS) is 34.4. The van der Waals surface area contributed by atoms with E-state index in [-0.39, 0.29) is 11.9 Å². The number of amides is 1. The summed E-state index contributed by atoms with van der Waals surface area (Å²) < 4.78 is 0. The van der Waals surface area contributed by atoms with Crippen LogP contribution in [0, 0.1) is 17.8 Å². The summed E-state index contributed by atoms with van der Waals surface area (Å²) >= 11 is 0. The van der Waals surface area contributed by atoms with Gasteiger partial charge in [-0.1, -0.05) is 12.1 Å². The second-order valence-corrected chi connectivity index (χ2v) is 7.40. The van der Waals surface area contributed by atoms with Crippen molar-refractivity contribution < 1.29 is 4.79 Å². The first-order chi connectivity index (χ1) is 9.46. The molecule has 2 saturated carbocycles. The molecule has 0 spiro atoms. The van der Waals surface area contributed by atoms with Gasteiger partial charge >= 0.3 is 0 Å². The summed E-state index contributed by atoms with van der Waals surface area (Å²) in [4.78, 5) is 12.0. The molecular formula is C17H22N2O. The van der Waals surface area contributed by atoms with Crippen LogP contribution in [0.1, 0.15) is 50.3 Å². The SMILES string of the molecule is CC1(C)C(=O)Nc2ccc(C(N)C3CC4CC4C3)cc21. The zero-order chi connectivity index (χ0) is 14.1. The highest BCUT2D eigenvalue weighted by Crippen LogP contribution is 2.56. The molecule has 3 aliphatic rings. The van der Waals surface area contributed by atoms with Crippen molar-refractivity contribution in [3.63, 3.8) is 0 Å². The Morgan fingerprint density at radius 1 is 1.25 bits per heavy atom. The molecule has 3 unspecified atom stereocenters. The molecule has 3 heteroatoms. The maximum atomic E-state index is 12.0. The molecule has 20 heavy (non-hydrogen) atoms. The fourth-order valence-corrected chi connectivity index (χ4v) is 4.12. The molecule has 106 valence electrons. The predicted octanol–water partition coefficient (Wildman–Crippen LogP) is 2.96. The smallest absolute Gasteiger partial charge is 0.234 e. The van der Waals surface area contributed by atoms with E-state index in [1.165, 1.54) is 24.8 Å². The molecule has 2 fully saturated rings. The fourth-order valence-electron chi connectivity index (χ4n) is 4.12. The molecule has 1 heterocycles. The molecule has 1 aliphatic heterocycles. The third-order valence-electron chi connectivity index (χ3n) is 5.71. The highest BCUT2D eigenvalue weighted by atomic mass is 16.2. The monoisotopic (exact) mass is 270 g/mol. The third-order valence-corrected chi connectivity index (χ3v) is 5.71. The topological polar surface area (TPSA) is 55.1 Å². The van der Waals surface area contributed by atoms with Crippen molar-refractivity contribution in [1.29, 1.82) is 0 Å². The van der Waals surface area contributed by atoms with E-state index in [9.17, 15) is 4.79 Å². The molecular weight excluding hydrogens is 248 g/mol. The summed E-state index contributed by atoms with van der Waals surface area (Å²) in [5, 5.41) is 2.96. The van der Waals surface area contributed by atoms with Crippen LogP contribution in [0.4, 0.5) is 5.69 Å². The molecule has 0 bridgehead atoms. The van der Waals surface area contributed by atoms with Crippen LogP contribution in [0.15, 0.2) is 18.2 Å². The average Bonchev–Trinajstić information content (AvgIpc) is 2.96. The van der Waals surface area contributed by atoms with Crippen LogP contribution in [0.2, 0.25) is 0 Å². The molecule has 3 nitrogen and oxygen atoms in total. The van der Waals surface area contributed by atoms with E-state index < -0.39 is 5.41 Å². The van der Waals surface area contributed by atoms with Crippen molar-refractivity contribution in [2.45, 2.75) is 44.6 Å². The lowest BCUT2D eigenvalue weighted by Gasteiger charge is -2.23. The van der Waals surface area contributed by atoms with E-state index in [4.69, 9.17) is 5.73 Å². The summed E-state index contributed by atoms with van der Waals surface area (Å²) in [5.74, 6) is 2.63. The van der Waals surface area contributed by atoms with Gasteiger partial charge in [0.25, 0.3) is 0 Å². The Balaban J connectivity index is 1.64. The van der Waals surface area contributed by atoms with Crippen molar-refractivity contribution in [3.05, 3.63) is 29.3 Å². The van der Waals surface area contributed by atoms with Crippen molar-refractivity contribution >= 4 is 11.6 Å². The Kier molecular flexibility index (Phi) is 2.39. The first-order valence-corrected chi connectivity index (χ1v) is 7.68. The maximum absolute atomic E-state index is 12.0. The van der Waals surface area contributed by atoms with Gasteiger partial charge in [0.05, 0.1) is 5.41 Å². The van der Waals surface area contributed by atoms with Gasteiger partial charge in [-0.15, -0.1) is 0 Å². The number of fused-ring (bicyclic) bond motifs is 2. The zero-order valence-electron chi connectivity index (χ0n) is 12.1. The molecule has 3 N–H and O–H groups in total. The summed E-state index contributed by atoms with van der Waals surface area (Å²) in [5.41, 5.74) is 9.29. The second-order valence-electron chi connectivity index (χ2n) is 7.40. The number of benzene rings is 1. The van der Waals surface area contributed by atoms with Gasteiger partial charge in [-0.25, -0.2) is 0 Å². The van der Waals surface area contributed by atoms with E-state index in [1.807, 2.05) is 19.9 Å². The van der Waals surface area contributed by atoms with E-state index >= 15 is 0 Å². The van der Waals surface area contributed by atoms with Crippen molar-refractivity contribution in [2.75, 3.05) is 5.32 Å². The lowest BCUT2D eigenvalue weighted by molar-refractivity contribution is -0.119. The first kappa shape index (κ1) is 12.4. The van der Waals surface area contributed by atoms with Gasteiger partial charge in [-0.05, 0) is 68.1 Å². The van der Waals surface area contributed by atoms with Gasteiger partial charge in [0.2, 0.25) is 5.91 Å². The summed E-state index contributed by atoms with van der Waals surface area (Å²) in [6.45, 7) is 3.96. The van der Waals surface area contributed by atoms with Gasteiger partial charge in [-0.3, -0.25) is 4.79 Å². The Labute approximate surface area is 119 Å². The average molecular weight is 270 g/mol. The Bertz CT molecular complexity index is 583. The fraction of sp³-hybridized carbons (Fsp3) is 0.588. The molecule has 2 aliphatic carbocycles. The van der Waals surface area contributed by atoms with Crippen LogP contribution < -0.4 is 11.1 Å². The van der Waals surface area contributed by atoms with E-state index in [1.54, 1.807) is 0 Å². The quantitative estimate of drug-likeness (QED) is 0.868. The van der Waals surface area contributed by atoms with Crippen LogP contribution in [0.5, 0.6) is 0 Å². The Morgan fingerprint density at radius 3 is 2.65 bits per heavy atom. The van der Waals surface area contributed by atoms with Crippen molar-refractivity contribution in [3.8, 4) is 0 Å². The minimum Gasteiger partial charge on any atom is -0.325 e.